The van der Waals surface area contributed by atoms with Crippen LogP contribution < -0.4 is 0 Å². The predicted molar refractivity (Wildman–Crippen MR) is 50.1 cm³/mol. The molecule has 0 aromatic heterocycles. The van der Waals surface area contributed by atoms with E-state index in [2.05, 4.69) is 20.8 Å². The highest BCUT2D eigenvalue weighted by Crippen LogP contribution is 2.47. The molecule has 2 heterocycles. The van der Waals surface area contributed by atoms with Crippen molar-refractivity contribution >= 4 is 0 Å². The van der Waals surface area contributed by atoms with Crippen molar-refractivity contribution in [1.82, 2.24) is 0 Å². The molecule has 2 aliphatic heterocycles. The van der Waals surface area contributed by atoms with E-state index in [1.54, 1.807) is 0 Å². The second-order valence-corrected chi connectivity index (χ2v) is 5.17. The highest BCUT2D eigenvalue weighted by molar-refractivity contribution is 4.92. The quantitative estimate of drug-likeness (QED) is 0.585. The van der Waals surface area contributed by atoms with Crippen LogP contribution in [0, 0.1) is 11.3 Å². The topological polar surface area (TPSA) is 9.23 Å². The van der Waals surface area contributed by atoms with Crippen LogP contribution in [0.5, 0.6) is 0 Å². The average molecular weight is 168 g/mol. The molecule has 1 heteroatoms. The molecule has 0 spiro atoms. The van der Waals surface area contributed by atoms with Gasteiger partial charge in [-0.25, -0.2) is 0 Å². The van der Waals surface area contributed by atoms with Gasteiger partial charge in [0, 0.05) is 0 Å². The predicted octanol–water partition coefficient (Wildman–Crippen LogP) is 2.99. The lowest BCUT2D eigenvalue weighted by molar-refractivity contribution is -0.0682. The summed E-state index contributed by atoms with van der Waals surface area (Å²) >= 11 is 0. The molecule has 0 aliphatic carbocycles. The Morgan fingerprint density at radius 3 is 2.08 bits per heavy atom. The van der Waals surface area contributed by atoms with Crippen LogP contribution >= 0.6 is 0 Å². The Morgan fingerprint density at radius 1 is 1.17 bits per heavy atom. The molecule has 2 saturated heterocycles. The van der Waals surface area contributed by atoms with Crippen LogP contribution in [-0.2, 0) is 4.74 Å². The molecule has 2 bridgehead atoms. The minimum Gasteiger partial charge on any atom is -0.375 e. The van der Waals surface area contributed by atoms with E-state index in [1.807, 2.05) is 0 Å². The first-order valence-corrected chi connectivity index (χ1v) is 5.25. The first-order valence-electron chi connectivity index (χ1n) is 5.25. The van der Waals surface area contributed by atoms with Crippen molar-refractivity contribution in [2.45, 2.75) is 58.7 Å². The molecule has 0 N–H and O–H groups in total. The van der Waals surface area contributed by atoms with Crippen molar-refractivity contribution in [2.75, 3.05) is 0 Å². The first kappa shape index (κ1) is 8.55. The maximum Gasteiger partial charge on any atom is 0.0585 e. The molecule has 0 saturated carbocycles. The molecule has 1 nitrogen and oxygen atoms in total. The Kier molecular flexibility index (Phi) is 1.95. The minimum absolute atomic E-state index is 0.560. The number of hydrogen-bond acceptors (Lipinski definition) is 1. The van der Waals surface area contributed by atoms with Crippen LogP contribution in [0.15, 0.2) is 0 Å². The zero-order valence-electron chi connectivity index (χ0n) is 8.47. The molecule has 1 unspecified atom stereocenters. The summed E-state index contributed by atoms with van der Waals surface area (Å²) in [7, 11) is 0. The van der Waals surface area contributed by atoms with Gasteiger partial charge in [0.15, 0.2) is 0 Å². The highest BCUT2D eigenvalue weighted by atomic mass is 16.5. The van der Waals surface area contributed by atoms with Crippen LogP contribution in [0.2, 0.25) is 0 Å². The summed E-state index contributed by atoms with van der Waals surface area (Å²) < 4.78 is 5.84. The van der Waals surface area contributed by atoms with Gasteiger partial charge in [-0.05, 0) is 37.0 Å². The van der Waals surface area contributed by atoms with E-state index in [9.17, 15) is 0 Å². The molecule has 70 valence electrons. The summed E-state index contributed by atoms with van der Waals surface area (Å²) in [5.41, 5.74) is 0.560. The molecular weight excluding hydrogens is 148 g/mol. The number of hydrogen-bond donors (Lipinski definition) is 0. The third-order valence-corrected chi connectivity index (χ3v) is 3.98. The largest absolute Gasteiger partial charge is 0.375 e. The lowest BCUT2D eigenvalue weighted by Gasteiger charge is -2.41. The minimum atomic E-state index is 0.560. The molecule has 0 amide bonds. The number of fused-ring (bicyclic) bond motifs is 2. The fraction of sp³-hybridized carbons (Fsp3) is 1.00. The van der Waals surface area contributed by atoms with Gasteiger partial charge in [0.1, 0.15) is 0 Å². The third kappa shape index (κ3) is 1.28. The molecule has 3 atom stereocenters. The first-order chi connectivity index (χ1) is 5.60. The highest BCUT2D eigenvalue weighted by Gasteiger charge is 2.43. The maximum absolute atomic E-state index is 5.84. The molecule has 2 fully saturated rings. The van der Waals surface area contributed by atoms with Crippen molar-refractivity contribution in [3.8, 4) is 0 Å². The average Bonchev–Trinajstić information content (AvgIpc) is 2.30. The summed E-state index contributed by atoms with van der Waals surface area (Å²) in [5, 5.41) is 0. The Balaban J connectivity index is 2.10. The van der Waals surface area contributed by atoms with E-state index >= 15 is 0 Å². The lowest BCUT2D eigenvalue weighted by atomic mass is 9.71. The Morgan fingerprint density at radius 2 is 1.67 bits per heavy atom. The lowest BCUT2D eigenvalue weighted by Crippen LogP contribution is -2.36. The molecule has 2 aliphatic rings. The summed E-state index contributed by atoms with van der Waals surface area (Å²) in [4.78, 5) is 0. The molecule has 2 rings (SSSR count). The van der Waals surface area contributed by atoms with Gasteiger partial charge in [-0.1, -0.05) is 20.8 Å². The number of ether oxygens (including phenoxy) is 1. The van der Waals surface area contributed by atoms with Gasteiger partial charge in [-0.15, -0.1) is 0 Å². The standard InChI is InChI=1S/C11H20O/c1-8(2)11(3)6-9-4-5-10(7-11)12-9/h8-10H,4-7H2,1-3H3/t9-,10+,11?. The van der Waals surface area contributed by atoms with E-state index < -0.39 is 0 Å². The van der Waals surface area contributed by atoms with Crippen LogP contribution in [0.1, 0.15) is 46.5 Å². The normalized spacial score (nSPS) is 47.0. The summed E-state index contributed by atoms with van der Waals surface area (Å²) in [6.45, 7) is 7.14. The Labute approximate surface area is 75.5 Å². The van der Waals surface area contributed by atoms with E-state index in [1.165, 1.54) is 25.7 Å². The number of rotatable bonds is 1. The van der Waals surface area contributed by atoms with Gasteiger partial charge in [-0.3, -0.25) is 0 Å². The van der Waals surface area contributed by atoms with Crippen LogP contribution in [0.25, 0.3) is 0 Å². The second kappa shape index (κ2) is 2.73. The van der Waals surface area contributed by atoms with Crippen molar-refractivity contribution in [2.24, 2.45) is 11.3 Å². The van der Waals surface area contributed by atoms with E-state index in [0.717, 1.165) is 5.92 Å². The summed E-state index contributed by atoms with van der Waals surface area (Å²) in [6.07, 6.45) is 6.40. The van der Waals surface area contributed by atoms with Crippen molar-refractivity contribution < 1.29 is 4.74 Å². The van der Waals surface area contributed by atoms with Gasteiger partial charge in [0.25, 0.3) is 0 Å². The molecule has 0 aromatic rings. The zero-order chi connectivity index (χ0) is 8.77. The summed E-state index contributed by atoms with van der Waals surface area (Å²) in [6, 6.07) is 0. The van der Waals surface area contributed by atoms with Crippen LogP contribution in [0.4, 0.5) is 0 Å². The zero-order valence-corrected chi connectivity index (χ0v) is 8.47. The van der Waals surface area contributed by atoms with E-state index in [0.29, 0.717) is 17.6 Å². The van der Waals surface area contributed by atoms with Gasteiger partial charge in [0.05, 0.1) is 12.2 Å². The van der Waals surface area contributed by atoms with Crippen molar-refractivity contribution in [3.63, 3.8) is 0 Å². The maximum atomic E-state index is 5.84. The second-order valence-electron chi connectivity index (χ2n) is 5.17. The van der Waals surface area contributed by atoms with Crippen LogP contribution in [0.3, 0.4) is 0 Å². The molecular formula is C11H20O. The SMILES string of the molecule is CC(C)C1(C)C[C@H]2CC[C@@H](C1)O2. The van der Waals surface area contributed by atoms with E-state index in [4.69, 9.17) is 4.74 Å². The van der Waals surface area contributed by atoms with Crippen molar-refractivity contribution in [1.29, 1.82) is 0 Å². The van der Waals surface area contributed by atoms with Gasteiger partial charge >= 0.3 is 0 Å². The smallest absolute Gasteiger partial charge is 0.0585 e. The third-order valence-electron chi connectivity index (χ3n) is 3.98. The van der Waals surface area contributed by atoms with Gasteiger partial charge < -0.3 is 4.74 Å². The van der Waals surface area contributed by atoms with Crippen LogP contribution in [-0.4, -0.2) is 12.2 Å². The van der Waals surface area contributed by atoms with Gasteiger partial charge in [-0.2, -0.15) is 0 Å². The fourth-order valence-corrected chi connectivity index (χ4v) is 2.68. The molecule has 0 aromatic carbocycles. The Bertz CT molecular complexity index is 162. The van der Waals surface area contributed by atoms with E-state index in [-0.39, 0.29) is 0 Å². The monoisotopic (exact) mass is 168 g/mol. The Hall–Kier alpha value is -0.0400. The molecule has 0 radical (unpaired) electrons. The molecule has 12 heavy (non-hydrogen) atoms. The van der Waals surface area contributed by atoms with Gasteiger partial charge in [0.2, 0.25) is 0 Å². The fourth-order valence-electron chi connectivity index (χ4n) is 2.68. The van der Waals surface area contributed by atoms with Crippen molar-refractivity contribution in [3.05, 3.63) is 0 Å². The summed E-state index contributed by atoms with van der Waals surface area (Å²) in [5.74, 6) is 0.810.